The maximum atomic E-state index is 6.18. The second-order valence-corrected chi connectivity index (χ2v) is 7.45. The number of rotatable bonds is 4. The van der Waals surface area contributed by atoms with Crippen molar-refractivity contribution in [3.63, 3.8) is 0 Å². The van der Waals surface area contributed by atoms with Crippen LogP contribution in [0.25, 0.3) is 0 Å². The Labute approximate surface area is 108 Å². The SMILES string of the molecule is CCC(C)C1C(Cl)=CON1CSC(C)(C)C. The van der Waals surface area contributed by atoms with Gasteiger partial charge in [-0.05, 0) is 5.92 Å². The van der Waals surface area contributed by atoms with E-state index < -0.39 is 0 Å². The predicted molar refractivity (Wildman–Crippen MR) is 72.3 cm³/mol. The summed E-state index contributed by atoms with van der Waals surface area (Å²) >= 11 is 8.06. The van der Waals surface area contributed by atoms with Crippen molar-refractivity contribution in [2.24, 2.45) is 5.92 Å². The van der Waals surface area contributed by atoms with Crippen LogP contribution in [-0.4, -0.2) is 21.7 Å². The van der Waals surface area contributed by atoms with Crippen molar-refractivity contribution in [1.29, 1.82) is 0 Å². The van der Waals surface area contributed by atoms with Gasteiger partial charge in [-0.1, -0.05) is 52.6 Å². The summed E-state index contributed by atoms with van der Waals surface area (Å²) in [4.78, 5) is 5.51. The van der Waals surface area contributed by atoms with Crippen LogP contribution in [0, 0.1) is 5.92 Å². The molecule has 0 aliphatic carbocycles. The third-order valence-corrected chi connectivity index (χ3v) is 4.26. The van der Waals surface area contributed by atoms with Crippen LogP contribution < -0.4 is 0 Å². The largest absolute Gasteiger partial charge is 0.411 e. The van der Waals surface area contributed by atoms with Crippen LogP contribution in [-0.2, 0) is 4.84 Å². The highest BCUT2D eigenvalue weighted by Gasteiger charge is 2.33. The third kappa shape index (κ3) is 3.86. The van der Waals surface area contributed by atoms with E-state index in [9.17, 15) is 0 Å². The molecule has 0 bridgehead atoms. The molecular formula is C12H22ClNOS. The van der Waals surface area contributed by atoms with E-state index in [2.05, 4.69) is 34.6 Å². The van der Waals surface area contributed by atoms with Crippen LogP contribution in [0.4, 0.5) is 0 Å². The number of hydrogen-bond acceptors (Lipinski definition) is 3. The maximum Gasteiger partial charge on any atom is 0.127 e. The molecule has 0 aromatic heterocycles. The third-order valence-electron chi connectivity index (χ3n) is 2.70. The van der Waals surface area contributed by atoms with Crippen LogP contribution in [0.1, 0.15) is 41.0 Å². The molecule has 16 heavy (non-hydrogen) atoms. The molecule has 0 aromatic carbocycles. The van der Waals surface area contributed by atoms with Crippen LogP contribution in [0.2, 0.25) is 0 Å². The second-order valence-electron chi connectivity index (χ2n) is 5.24. The average Bonchev–Trinajstić information content (AvgIpc) is 2.54. The van der Waals surface area contributed by atoms with Gasteiger partial charge >= 0.3 is 0 Å². The first-order valence-electron chi connectivity index (χ1n) is 5.78. The van der Waals surface area contributed by atoms with Crippen LogP contribution in [0.3, 0.4) is 0 Å². The van der Waals surface area contributed by atoms with Gasteiger partial charge < -0.3 is 4.84 Å². The Kier molecular flexibility index (Phi) is 5.02. The molecule has 0 aromatic rings. The van der Waals surface area contributed by atoms with E-state index in [1.54, 1.807) is 6.26 Å². The molecule has 0 N–H and O–H groups in total. The zero-order chi connectivity index (χ0) is 12.3. The minimum absolute atomic E-state index is 0.224. The van der Waals surface area contributed by atoms with E-state index in [4.69, 9.17) is 16.4 Å². The average molecular weight is 264 g/mol. The number of hydrogen-bond donors (Lipinski definition) is 0. The van der Waals surface area contributed by atoms with E-state index in [0.717, 1.165) is 17.3 Å². The number of nitrogens with zero attached hydrogens (tertiary/aromatic N) is 1. The van der Waals surface area contributed by atoms with Crippen LogP contribution in [0.5, 0.6) is 0 Å². The van der Waals surface area contributed by atoms with Gasteiger partial charge in [0.2, 0.25) is 0 Å². The van der Waals surface area contributed by atoms with Gasteiger partial charge in [0, 0.05) is 4.75 Å². The molecule has 4 heteroatoms. The Bertz CT molecular complexity index is 262. The molecule has 1 heterocycles. The lowest BCUT2D eigenvalue weighted by Gasteiger charge is -2.29. The van der Waals surface area contributed by atoms with E-state index in [0.29, 0.717) is 5.92 Å². The van der Waals surface area contributed by atoms with Crippen molar-refractivity contribution in [3.8, 4) is 0 Å². The molecule has 94 valence electrons. The monoisotopic (exact) mass is 263 g/mol. The summed E-state index contributed by atoms with van der Waals surface area (Å²) in [7, 11) is 0. The minimum atomic E-state index is 0.224. The molecule has 2 unspecified atom stereocenters. The molecular weight excluding hydrogens is 242 g/mol. The van der Waals surface area contributed by atoms with Crippen molar-refractivity contribution in [3.05, 3.63) is 11.3 Å². The number of thioether (sulfide) groups is 1. The van der Waals surface area contributed by atoms with E-state index in [1.807, 2.05) is 16.8 Å². The fourth-order valence-electron chi connectivity index (χ4n) is 1.54. The first-order valence-corrected chi connectivity index (χ1v) is 7.14. The quantitative estimate of drug-likeness (QED) is 0.754. The Balaban J connectivity index is 2.55. The lowest BCUT2D eigenvalue weighted by molar-refractivity contribution is -0.0975. The number of halogens is 1. The highest BCUT2D eigenvalue weighted by molar-refractivity contribution is 8.00. The summed E-state index contributed by atoms with van der Waals surface area (Å²) < 4.78 is 0.248. The highest BCUT2D eigenvalue weighted by atomic mass is 35.5. The molecule has 2 atom stereocenters. The normalized spacial score (nSPS) is 24.1. The van der Waals surface area contributed by atoms with Crippen molar-refractivity contribution in [2.45, 2.75) is 51.8 Å². The Morgan fingerprint density at radius 2 is 2.19 bits per heavy atom. The molecule has 2 nitrogen and oxygen atoms in total. The summed E-state index contributed by atoms with van der Waals surface area (Å²) in [6.45, 7) is 11.0. The summed E-state index contributed by atoms with van der Waals surface area (Å²) in [5.74, 6) is 1.37. The standard InChI is InChI=1S/C12H22ClNOS/c1-6-9(2)11-10(13)7-15-14(11)8-16-12(3,4)5/h7,9,11H,6,8H2,1-5H3. The molecule has 1 aliphatic heterocycles. The van der Waals surface area contributed by atoms with Crippen molar-refractivity contribution < 1.29 is 4.84 Å². The fraction of sp³-hybridized carbons (Fsp3) is 0.833. The molecule has 0 spiro atoms. The van der Waals surface area contributed by atoms with Gasteiger partial charge in [-0.3, -0.25) is 0 Å². The highest BCUT2D eigenvalue weighted by Crippen LogP contribution is 2.33. The van der Waals surface area contributed by atoms with E-state index >= 15 is 0 Å². The topological polar surface area (TPSA) is 12.5 Å². The van der Waals surface area contributed by atoms with Gasteiger partial charge in [-0.25, -0.2) is 0 Å². The Morgan fingerprint density at radius 1 is 1.56 bits per heavy atom. The van der Waals surface area contributed by atoms with Crippen molar-refractivity contribution >= 4 is 23.4 Å². The smallest absolute Gasteiger partial charge is 0.127 e. The molecule has 0 saturated carbocycles. The lowest BCUT2D eigenvalue weighted by atomic mass is 9.99. The molecule has 0 amide bonds. The van der Waals surface area contributed by atoms with Crippen molar-refractivity contribution in [1.82, 2.24) is 5.06 Å². The first kappa shape index (κ1) is 14.2. The van der Waals surface area contributed by atoms with Gasteiger partial charge in [0.1, 0.15) is 6.26 Å². The summed E-state index contributed by atoms with van der Waals surface area (Å²) in [5.41, 5.74) is 0. The summed E-state index contributed by atoms with van der Waals surface area (Å²) in [6, 6.07) is 0.224. The molecule has 1 rings (SSSR count). The van der Waals surface area contributed by atoms with Gasteiger partial charge in [0.15, 0.2) is 0 Å². The predicted octanol–water partition coefficient (Wildman–Crippen LogP) is 4.22. The summed E-state index contributed by atoms with van der Waals surface area (Å²) in [5, 5.41) is 2.82. The molecule has 1 aliphatic rings. The fourth-order valence-corrected chi connectivity index (χ4v) is 2.64. The van der Waals surface area contributed by atoms with Crippen LogP contribution in [0.15, 0.2) is 11.3 Å². The van der Waals surface area contributed by atoms with Crippen LogP contribution >= 0.6 is 23.4 Å². The van der Waals surface area contributed by atoms with Gasteiger partial charge in [0.25, 0.3) is 0 Å². The van der Waals surface area contributed by atoms with Crippen molar-refractivity contribution in [2.75, 3.05) is 5.88 Å². The minimum Gasteiger partial charge on any atom is -0.411 e. The Hall–Kier alpha value is 0.140. The Morgan fingerprint density at radius 3 is 2.69 bits per heavy atom. The van der Waals surface area contributed by atoms with Gasteiger partial charge in [0.05, 0.1) is 17.0 Å². The first-order chi connectivity index (χ1) is 7.35. The number of hydroxylamine groups is 2. The van der Waals surface area contributed by atoms with Gasteiger partial charge in [-0.15, -0.1) is 16.8 Å². The molecule has 0 saturated heterocycles. The zero-order valence-corrected chi connectivity index (χ0v) is 12.4. The second kappa shape index (κ2) is 5.65. The molecule has 0 radical (unpaired) electrons. The van der Waals surface area contributed by atoms with Gasteiger partial charge in [-0.2, -0.15) is 0 Å². The summed E-state index contributed by atoms with van der Waals surface area (Å²) in [6.07, 6.45) is 2.77. The lowest BCUT2D eigenvalue weighted by Crippen LogP contribution is -2.36. The zero-order valence-electron chi connectivity index (χ0n) is 10.8. The maximum absolute atomic E-state index is 6.18. The van der Waals surface area contributed by atoms with E-state index in [-0.39, 0.29) is 10.8 Å². The van der Waals surface area contributed by atoms with E-state index in [1.165, 1.54) is 0 Å². The molecule has 0 fully saturated rings.